The van der Waals surface area contributed by atoms with Crippen molar-refractivity contribution < 1.29 is 14.3 Å². The number of carbonyl (C=O) groups excluding carboxylic acids is 2. The molecule has 0 bridgehead atoms. The molecule has 1 aromatic rings. The molecule has 1 fully saturated rings. The third-order valence-corrected chi connectivity index (χ3v) is 5.49. The number of rotatable bonds is 7. The van der Waals surface area contributed by atoms with E-state index in [-0.39, 0.29) is 22.7 Å². The maximum atomic E-state index is 12.2. The van der Waals surface area contributed by atoms with Crippen molar-refractivity contribution in [2.45, 2.75) is 50.9 Å². The monoisotopic (exact) mass is 340 g/mol. The first-order valence-electron chi connectivity index (χ1n) is 7.99. The van der Waals surface area contributed by atoms with Crippen LogP contribution in [0.2, 0.25) is 0 Å². The summed E-state index contributed by atoms with van der Waals surface area (Å²) in [5.41, 5.74) is -0.0642. The fourth-order valence-corrected chi connectivity index (χ4v) is 3.43. The zero-order chi connectivity index (χ0) is 17.0. The minimum absolute atomic E-state index is 0.0642. The fraction of sp³-hybridized carbons (Fsp3) is 0.733. The lowest BCUT2D eigenvalue weighted by Crippen LogP contribution is -2.34. The zero-order valence-corrected chi connectivity index (χ0v) is 14.9. The van der Waals surface area contributed by atoms with Crippen LogP contribution in [0.25, 0.3) is 0 Å². The van der Waals surface area contributed by atoms with Crippen LogP contribution >= 0.6 is 11.8 Å². The number of hydrogen-bond donors (Lipinski definition) is 0. The Kier molecular flexibility index (Phi) is 5.67. The molecule has 1 aromatic heterocycles. The van der Waals surface area contributed by atoms with Gasteiger partial charge in [0.25, 0.3) is 0 Å². The predicted molar refractivity (Wildman–Crippen MR) is 87.4 cm³/mol. The summed E-state index contributed by atoms with van der Waals surface area (Å²) in [7, 11) is 0. The number of carbonyl (C=O) groups is 2. The molecule has 2 rings (SSSR count). The van der Waals surface area contributed by atoms with Crippen LogP contribution in [0.4, 0.5) is 4.79 Å². The van der Waals surface area contributed by atoms with E-state index in [2.05, 4.69) is 17.0 Å². The van der Waals surface area contributed by atoms with Crippen molar-refractivity contribution in [2.24, 2.45) is 5.41 Å². The van der Waals surface area contributed by atoms with Crippen LogP contribution in [0.1, 0.15) is 40.5 Å². The van der Waals surface area contributed by atoms with Gasteiger partial charge in [-0.25, -0.2) is 9.78 Å². The molecule has 1 aliphatic rings. The molecular formula is C15H24N4O3S. The van der Waals surface area contributed by atoms with Crippen molar-refractivity contribution in [3.05, 3.63) is 6.33 Å². The highest BCUT2D eigenvalue weighted by Gasteiger charge is 2.50. The topological polar surface area (TPSA) is 77.3 Å². The highest BCUT2D eigenvalue weighted by Crippen LogP contribution is 2.53. The van der Waals surface area contributed by atoms with Gasteiger partial charge in [0.15, 0.2) is 0 Å². The van der Waals surface area contributed by atoms with Gasteiger partial charge in [-0.15, -0.1) is 5.10 Å². The summed E-state index contributed by atoms with van der Waals surface area (Å²) in [6.45, 7) is 9.28. The molecule has 7 nitrogen and oxygen atoms in total. The van der Waals surface area contributed by atoms with Gasteiger partial charge in [-0.3, -0.25) is 4.79 Å². The van der Waals surface area contributed by atoms with Gasteiger partial charge in [0, 0.05) is 13.1 Å². The average molecular weight is 340 g/mol. The minimum atomic E-state index is -0.332. The number of amides is 1. The van der Waals surface area contributed by atoms with Gasteiger partial charge in [-0.05, 0) is 39.0 Å². The van der Waals surface area contributed by atoms with Gasteiger partial charge in [0.2, 0.25) is 5.16 Å². The van der Waals surface area contributed by atoms with Crippen molar-refractivity contribution in [1.29, 1.82) is 0 Å². The largest absolute Gasteiger partial charge is 0.465 e. The summed E-state index contributed by atoms with van der Waals surface area (Å²) in [5.74, 6) is -0.232. The Morgan fingerprint density at radius 3 is 2.57 bits per heavy atom. The summed E-state index contributed by atoms with van der Waals surface area (Å²) in [5, 5.41) is 4.32. The SMILES string of the molecule is CCOC(=O)C(Sc1ncn(C(=O)N(CC)CC)n1)C1(C)CC1. The van der Waals surface area contributed by atoms with Crippen molar-refractivity contribution >= 4 is 23.8 Å². The molecule has 0 saturated heterocycles. The maximum absolute atomic E-state index is 12.2. The maximum Gasteiger partial charge on any atom is 0.346 e. The Hall–Kier alpha value is -1.57. The van der Waals surface area contributed by atoms with Crippen molar-refractivity contribution in [3.63, 3.8) is 0 Å². The van der Waals surface area contributed by atoms with Crippen LogP contribution < -0.4 is 0 Å². The first kappa shape index (κ1) is 17.8. The van der Waals surface area contributed by atoms with E-state index in [0.717, 1.165) is 12.8 Å². The second kappa shape index (κ2) is 7.33. The molecular weight excluding hydrogens is 316 g/mol. The summed E-state index contributed by atoms with van der Waals surface area (Å²) in [6.07, 6.45) is 3.38. The van der Waals surface area contributed by atoms with Crippen molar-refractivity contribution in [3.8, 4) is 0 Å². The first-order valence-corrected chi connectivity index (χ1v) is 8.87. The summed E-state index contributed by atoms with van der Waals surface area (Å²) in [4.78, 5) is 30.3. The molecule has 1 atom stereocenters. The molecule has 1 saturated carbocycles. The summed E-state index contributed by atoms with van der Waals surface area (Å²) >= 11 is 1.28. The third kappa shape index (κ3) is 4.04. The zero-order valence-electron chi connectivity index (χ0n) is 14.1. The molecule has 1 aliphatic carbocycles. The Labute approximate surface area is 140 Å². The standard InChI is InChI=1S/C15H24N4O3S/c1-5-18(6-2)14(21)19-10-16-13(17-19)23-11(12(20)22-7-3)15(4)8-9-15/h10-11H,5-9H2,1-4H3. The number of hydrogen-bond acceptors (Lipinski definition) is 6. The van der Waals surface area contributed by atoms with Crippen LogP contribution in [0.3, 0.4) is 0 Å². The third-order valence-electron chi connectivity index (χ3n) is 4.10. The van der Waals surface area contributed by atoms with E-state index >= 15 is 0 Å². The number of aromatic nitrogens is 3. The molecule has 0 aromatic carbocycles. The van der Waals surface area contributed by atoms with E-state index in [4.69, 9.17) is 4.74 Å². The lowest BCUT2D eigenvalue weighted by Gasteiger charge is -2.19. The smallest absolute Gasteiger partial charge is 0.346 e. The summed E-state index contributed by atoms with van der Waals surface area (Å²) in [6, 6.07) is -0.209. The molecule has 8 heteroatoms. The minimum Gasteiger partial charge on any atom is -0.465 e. The second-order valence-corrected chi connectivity index (χ2v) is 6.90. The second-order valence-electron chi connectivity index (χ2n) is 5.83. The number of ether oxygens (including phenoxy) is 1. The Morgan fingerprint density at radius 2 is 2.04 bits per heavy atom. The van der Waals surface area contributed by atoms with E-state index in [0.29, 0.717) is 24.9 Å². The lowest BCUT2D eigenvalue weighted by atomic mass is 10.1. The molecule has 1 unspecified atom stereocenters. The molecule has 1 amide bonds. The van der Waals surface area contributed by atoms with Gasteiger partial charge < -0.3 is 9.64 Å². The van der Waals surface area contributed by atoms with E-state index in [1.54, 1.807) is 11.8 Å². The van der Waals surface area contributed by atoms with Crippen LogP contribution in [0.15, 0.2) is 11.5 Å². The van der Waals surface area contributed by atoms with E-state index in [9.17, 15) is 9.59 Å². The molecule has 128 valence electrons. The molecule has 0 radical (unpaired) electrons. The van der Waals surface area contributed by atoms with Crippen LogP contribution in [-0.4, -0.2) is 56.6 Å². The molecule has 0 N–H and O–H groups in total. The van der Waals surface area contributed by atoms with E-state index < -0.39 is 0 Å². The Morgan fingerprint density at radius 1 is 1.39 bits per heavy atom. The van der Waals surface area contributed by atoms with Crippen LogP contribution in [0, 0.1) is 5.41 Å². The van der Waals surface area contributed by atoms with Gasteiger partial charge in [-0.2, -0.15) is 4.68 Å². The van der Waals surface area contributed by atoms with E-state index in [1.165, 1.54) is 22.8 Å². The fourth-order valence-electron chi connectivity index (χ4n) is 2.29. The predicted octanol–water partition coefficient (Wildman–Crippen LogP) is 2.41. The molecule has 1 heterocycles. The number of nitrogens with zero attached hydrogens (tertiary/aromatic N) is 4. The highest BCUT2D eigenvalue weighted by atomic mass is 32.2. The van der Waals surface area contributed by atoms with Crippen molar-refractivity contribution in [1.82, 2.24) is 19.7 Å². The summed E-state index contributed by atoms with van der Waals surface area (Å²) < 4.78 is 6.40. The Balaban J connectivity index is 2.10. The van der Waals surface area contributed by atoms with Gasteiger partial charge in [0.05, 0.1) is 6.61 Å². The highest BCUT2D eigenvalue weighted by molar-refractivity contribution is 8.00. The van der Waals surface area contributed by atoms with E-state index in [1.807, 2.05) is 13.8 Å². The molecule has 23 heavy (non-hydrogen) atoms. The van der Waals surface area contributed by atoms with Crippen LogP contribution in [0.5, 0.6) is 0 Å². The molecule has 0 spiro atoms. The molecule has 0 aliphatic heterocycles. The quantitative estimate of drug-likeness (QED) is 0.560. The number of thioether (sulfide) groups is 1. The van der Waals surface area contributed by atoms with Crippen molar-refractivity contribution in [2.75, 3.05) is 19.7 Å². The Bertz CT molecular complexity index is 567. The van der Waals surface area contributed by atoms with Gasteiger partial charge >= 0.3 is 12.0 Å². The average Bonchev–Trinajstić information content (AvgIpc) is 3.10. The van der Waals surface area contributed by atoms with Gasteiger partial charge in [-0.1, -0.05) is 18.7 Å². The lowest BCUT2D eigenvalue weighted by molar-refractivity contribution is -0.143. The number of esters is 1. The van der Waals surface area contributed by atoms with Crippen LogP contribution in [-0.2, 0) is 9.53 Å². The normalized spacial score (nSPS) is 16.7. The first-order chi connectivity index (χ1) is 10.9. The van der Waals surface area contributed by atoms with Gasteiger partial charge in [0.1, 0.15) is 11.6 Å².